The molecule has 0 saturated heterocycles. The van der Waals surface area contributed by atoms with Crippen LogP contribution in [0.3, 0.4) is 0 Å². The Bertz CT molecular complexity index is 977. The van der Waals surface area contributed by atoms with Gasteiger partial charge in [-0.3, -0.25) is 14.5 Å². The van der Waals surface area contributed by atoms with E-state index in [0.717, 1.165) is 49.0 Å². The topological polar surface area (TPSA) is 46.6 Å². The predicted molar refractivity (Wildman–Crippen MR) is 125 cm³/mol. The number of amides is 2. The van der Waals surface area contributed by atoms with Crippen molar-refractivity contribution in [2.24, 2.45) is 0 Å². The van der Waals surface area contributed by atoms with E-state index in [0.29, 0.717) is 21.3 Å². The molecular formula is C25H26ClNO3S. The van der Waals surface area contributed by atoms with E-state index in [-0.39, 0.29) is 17.9 Å². The summed E-state index contributed by atoms with van der Waals surface area (Å²) in [5, 5.41) is 0.638. The molecule has 6 heteroatoms. The molecule has 2 amide bonds. The molecule has 0 spiro atoms. The highest BCUT2D eigenvalue weighted by molar-refractivity contribution is 8.04. The Morgan fingerprint density at radius 1 is 0.871 bits per heavy atom. The molecule has 1 aliphatic heterocycles. The van der Waals surface area contributed by atoms with Crippen molar-refractivity contribution in [2.75, 3.05) is 7.11 Å². The van der Waals surface area contributed by atoms with E-state index in [1.165, 1.54) is 23.1 Å². The average Bonchev–Trinajstić information content (AvgIpc) is 2.99. The molecule has 162 valence electrons. The largest absolute Gasteiger partial charge is 0.497 e. The quantitative estimate of drug-likeness (QED) is 0.494. The summed E-state index contributed by atoms with van der Waals surface area (Å²) in [5.74, 6) is 0.350. The summed E-state index contributed by atoms with van der Waals surface area (Å²) in [6.07, 6.45) is 7.44. The van der Waals surface area contributed by atoms with Gasteiger partial charge in [0.05, 0.1) is 17.6 Å². The number of rotatable bonds is 5. The Hall–Kier alpha value is -2.24. The molecular weight excluding hydrogens is 430 g/mol. The van der Waals surface area contributed by atoms with Crippen molar-refractivity contribution in [3.8, 4) is 5.75 Å². The molecule has 1 heterocycles. The Morgan fingerprint density at radius 3 is 2.10 bits per heavy atom. The summed E-state index contributed by atoms with van der Waals surface area (Å²) in [7, 11) is 1.61. The van der Waals surface area contributed by atoms with Gasteiger partial charge < -0.3 is 4.74 Å². The molecule has 1 fully saturated rings. The van der Waals surface area contributed by atoms with E-state index in [2.05, 4.69) is 0 Å². The standard InChI is InChI=1S/C25H26ClNO3S/c1-30-20-13-9-17(10-14-20)22-23(31-21-15-11-18(26)12-16-21)25(29)27(24(22)28)19-7-5-3-2-4-6-8-19/h9-16,19H,2-8H2,1H3. The molecule has 1 aliphatic carbocycles. The van der Waals surface area contributed by atoms with Gasteiger partial charge in [-0.1, -0.05) is 67.6 Å². The van der Waals surface area contributed by atoms with Gasteiger partial charge in [0, 0.05) is 16.0 Å². The van der Waals surface area contributed by atoms with Crippen LogP contribution in [0.15, 0.2) is 58.3 Å². The van der Waals surface area contributed by atoms with Crippen LogP contribution in [-0.4, -0.2) is 29.9 Å². The first kappa shape index (κ1) is 22.0. The highest BCUT2D eigenvalue weighted by Gasteiger charge is 2.42. The molecule has 4 nitrogen and oxygen atoms in total. The summed E-state index contributed by atoms with van der Waals surface area (Å²) in [6, 6.07) is 14.7. The third-order valence-electron chi connectivity index (χ3n) is 5.92. The van der Waals surface area contributed by atoms with Crippen LogP contribution in [0, 0.1) is 0 Å². The number of hydrogen-bond donors (Lipinski definition) is 0. The lowest BCUT2D eigenvalue weighted by Gasteiger charge is -2.28. The van der Waals surface area contributed by atoms with Crippen LogP contribution in [-0.2, 0) is 9.59 Å². The molecule has 4 rings (SSSR count). The molecule has 0 radical (unpaired) electrons. The van der Waals surface area contributed by atoms with Crippen molar-refractivity contribution in [2.45, 2.75) is 55.9 Å². The molecule has 2 aromatic rings. The van der Waals surface area contributed by atoms with Gasteiger partial charge in [-0.25, -0.2) is 0 Å². The summed E-state index contributed by atoms with van der Waals surface area (Å²) < 4.78 is 5.26. The second kappa shape index (κ2) is 9.92. The van der Waals surface area contributed by atoms with Gasteiger partial charge in [-0.15, -0.1) is 0 Å². The van der Waals surface area contributed by atoms with Crippen LogP contribution in [0.2, 0.25) is 5.02 Å². The highest BCUT2D eigenvalue weighted by Crippen LogP contribution is 2.42. The van der Waals surface area contributed by atoms with E-state index in [1.54, 1.807) is 19.2 Å². The van der Waals surface area contributed by atoms with E-state index < -0.39 is 0 Å². The van der Waals surface area contributed by atoms with E-state index in [1.807, 2.05) is 36.4 Å². The van der Waals surface area contributed by atoms with E-state index in [4.69, 9.17) is 16.3 Å². The molecule has 2 aromatic carbocycles. The number of carbonyl (C=O) groups is 2. The second-order valence-electron chi connectivity index (χ2n) is 7.97. The Morgan fingerprint density at radius 2 is 1.48 bits per heavy atom. The molecule has 0 bridgehead atoms. The van der Waals surface area contributed by atoms with Crippen LogP contribution in [0.4, 0.5) is 0 Å². The number of methoxy groups -OCH3 is 1. The third kappa shape index (κ3) is 4.83. The first-order valence-corrected chi connectivity index (χ1v) is 12.0. The van der Waals surface area contributed by atoms with Crippen LogP contribution in [0.5, 0.6) is 5.75 Å². The maximum Gasteiger partial charge on any atom is 0.268 e. The normalized spacial score (nSPS) is 18.3. The van der Waals surface area contributed by atoms with Crippen LogP contribution in [0.1, 0.15) is 50.5 Å². The van der Waals surface area contributed by atoms with Crippen molar-refractivity contribution >= 4 is 40.8 Å². The van der Waals surface area contributed by atoms with Crippen LogP contribution in [0.25, 0.3) is 5.57 Å². The smallest absolute Gasteiger partial charge is 0.268 e. The minimum atomic E-state index is -0.183. The molecule has 1 saturated carbocycles. The van der Waals surface area contributed by atoms with Crippen molar-refractivity contribution in [3.63, 3.8) is 0 Å². The van der Waals surface area contributed by atoms with Gasteiger partial charge in [0.2, 0.25) is 0 Å². The predicted octanol–water partition coefficient (Wildman–Crippen LogP) is 6.33. The first-order valence-electron chi connectivity index (χ1n) is 10.8. The molecule has 31 heavy (non-hydrogen) atoms. The summed E-state index contributed by atoms with van der Waals surface area (Å²) >= 11 is 7.36. The summed E-state index contributed by atoms with van der Waals surface area (Å²) in [4.78, 5) is 30.1. The number of carbonyl (C=O) groups excluding carboxylic acids is 2. The SMILES string of the molecule is COc1ccc(C2=C(Sc3ccc(Cl)cc3)C(=O)N(C3CCCCCCC3)C2=O)cc1. The zero-order valence-corrected chi connectivity index (χ0v) is 19.2. The van der Waals surface area contributed by atoms with Crippen LogP contribution < -0.4 is 4.74 Å². The lowest BCUT2D eigenvalue weighted by atomic mass is 9.95. The zero-order chi connectivity index (χ0) is 21.8. The van der Waals surface area contributed by atoms with E-state index in [9.17, 15) is 9.59 Å². The average molecular weight is 456 g/mol. The van der Waals surface area contributed by atoms with Gasteiger partial charge >= 0.3 is 0 Å². The molecule has 0 atom stereocenters. The van der Waals surface area contributed by atoms with Gasteiger partial charge in [0.25, 0.3) is 11.8 Å². The van der Waals surface area contributed by atoms with Crippen molar-refractivity contribution in [3.05, 3.63) is 64.0 Å². The fourth-order valence-corrected chi connectivity index (χ4v) is 5.40. The lowest BCUT2D eigenvalue weighted by Crippen LogP contribution is -2.41. The third-order valence-corrected chi connectivity index (χ3v) is 7.27. The number of halogens is 1. The van der Waals surface area contributed by atoms with Crippen LogP contribution >= 0.6 is 23.4 Å². The van der Waals surface area contributed by atoms with Gasteiger partial charge in [0.15, 0.2) is 0 Å². The highest BCUT2D eigenvalue weighted by atomic mass is 35.5. The molecule has 0 aromatic heterocycles. The Balaban J connectivity index is 1.71. The molecule has 0 N–H and O–H groups in total. The minimum absolute atomic E-state index is 0.0307. The monoisotopic (exact) mass is 455 g/mol. The number of benzene rings is 2. The lowest BCUT2D eigenvalue weighted by molar-refractivity contribution is -0.139. The fourth-order valence-electron chi connectivity index (χ4n) is 4.28. The maximum absolute atomic E-state index is 13.6. The fraction of sp³-hybridized carbons (Fsp3) is 0.360. The summed E-state index contributed by atoms with van der Waals surface area (Å²) in [5.41, 5.74) is 1.22. The molecule has 0 unspecified atom stereocenters. The Labute approximate surface area is 192 Å². The number of nitrogens with zero attached hydrogens (tertiary/aromatic N) is 1. The summed E-state index contributed by atoms with van der Waals surface area (Å²) in [6.45, 7) is 0. The zero-order valence-electron chi connectivity index (χ0n) is 17.6. The first-order chi connectivity index (χ1) is 15.1. The second-order valence-corrected chi connectivity index (χ2v) is 9.49. The van der Waals surface area contributed by atoms with Crippen molar-refractivity contribution < 1.29 is 14.3 Å². The number of imide groups is 1. The Kier molecular flexibility index (Phi) is 7.03. The van der Waals surface area contributed by atoms with Gasteiger partial charge in [-0.05, 0) is 54.8 Å². The number of ether oxygens (including phenoxy) is 1. The number of thioether (sulfide) groups is 1. The van der Waals surface area contributed by atoms with E-state index >= 15 is 0 Å². The van der Waals surface area contributed by atoms with Gasteiger partial charge in [0.1, 0.15) is 5.75 Å². The minimum Gasteiger partial charge on any atom is -0.497 e. The van der Waals surface area contributed by atoms with Gasteiger partial charge in [-0.2, -0.15) is 0 Å². The number of hydrogen-bond acceptors (Lipinski definition) is 4. The van der Waals surface area contributed by atoms with Crippen molar-refractivity contribution in [1.29, 1.82) is 0 Å². The molecule has 2 aliphatic rings. The van der Waals surface area contributed by atoms with Crippen molar-refractivity contribution in [1.82, 2.24) is 4.90 Å². The maximum atomic E-state index is 13.6.